The van der Waals surface area contributed by atoms with Crippen molar-refractivity contribution in [2.24, 2.45) is 0 Å². The number of amides is 1. The highest BCUT2D eigenvalue weighted by molar-refractivity contribution is 7.99. The van der Waals surface area contributed by atoms with Crippen LogP contribution in [0.3, 0.4) is 0 Å². The first-order chi connectivity index (χ1) is 16.9. The number of fused-ring (bicyclic) bond motifs is 1. The number of ether oxygens (including phenoxy) is 2. The Morgan fingerprint density at radius 2 is 2.06 bits per heavy atom. The summed E-state index contributed by atoms with van der Waals surface area (Å²) in [5, 5.41) is 12.9. The van der Waals surface area contributed by atoms with Gasteiger partial charge in [0, 0.05) is 11.9 Å². The zero-order chi connectivity index (χ0) is 24.9. The number of nitrogens with one attached hydrogen (secondary N) is 1. The lowest BCUT2D eigenvalue weighted by atomic mass is 10.2. The first kappa shape index (κ1) is 24.4. The molecule has 35 heavy (non-hydrogen) atoms. The van der Waals surface area contributed by atoms with E-state index in [0.29, 0.717) is 45.3 Å². The van der Waals surface area contributed by atoms with E-state index in [-0.39, 0.29) is 17.2 Å². The Labute approximate surface area is 210 Å². The van der Waals surface area contributed by atoms with Crippen molar-refractivity contribution in [3.63, 3.8) is 0 Å². The Hall–Kier alpha value is -3.76. The number of carbonyl (C=O) groups excluding carboxylic acids is 2. The molecule has 0 aliphatic heterocycles. The fourth-order valence-electron chi connectivity index (χ4n) is 3.36. The summed E-state index contributed by atoms with van der Waals surface area (Å²) in [6.45, 7) is 4.21. The number of aromatic nitrogens is 3. The molecule has 11 heteroatoms. The third-order valence-corrected chi connectivity index (χ3v) is 6.27. The predicted octanol–water partition coefficient (Wildman–Crippen LogP) is 5.06. The predicted molar refractivity (Wildman–Crippen MR) is 134 cm³/mol. The number of furan rings is 1. The number of esters is 1. The van der Waals surface area contributed by atoms with Crippen LogP contribution in [0.25, 0.3) is 22.6 Å². The second kappa shape index (κ2) is 10.7. The van der Waals surface area contributed by atoms with Crippen molar-refractivity contribution in [1.82, 2.24) is 14.8 Å². The average molecular weight is 513 g/mol. The Bertz CT molecular complexity index is 1410. The summed E-state index contributed by atoms with van der Waals surface area (Å²) in [7, 11) is 2.86. The van der Waals surface area contributed by atoms with Crippen molar-refractivity contribution in [2.75, 3.05) is 25.3 Å². The van der Waals surface area contributed by atoms with Gasteiger partial charge in [0.2, 0.25) is 11.7 Å². The zero-order valence-corrected chi connectivity index (χ0v) is 20.5. The molecule has 2 aromatic carbocycles. The molecule has 0 aliphatic rings. The van der Waals surface area contributed by atoms with E-state index >= 15 is 0 Å². The first-order valence-corrected chi connectivity index (χ1v) is 11.7. The van der Waals surface area contributed by atoms with Gasteiger partial charge in [-0.3, -0.25) is 9.36 Å². The molecule has 0 unspecified atom stereocenters. The van der Waals surface area contributed by atoms with Crippen LogP contribution in [0, 0.1) is 0 Å². The SMILES string of the molecule is C=CCn1c(SCC(=O)Nc2cc(C(=O)OC)ccc2Cl)nnc1-c1cc2cccc(OC)c2o1. The third-order valence-electron chi connectivity index (χ3n) is 4.97. The van der Waals surface area contributed by atoms with Gasteiger partial charge in [-0.25, -0.2) is 4.79 Å². The number of hydrogen-bond donors (Lipinski definition) is 1. The maximum Gasteiger partial charge on any atom is 0.337 e. The minimum atomic E-state index is -0.528. The summed E-state index contributed by atoms with van der Waals surface area (Å²) < 4.78 is 17.9. The number of methoxy groups -OCH3 is 2. The van der Waals surface area contributed by atoms with E-state index in [9.17, 15) is 9.59 Å². The molecule has 0 fully saturated rings. The molecule has 9 nitrogen and oxygen atoms in total. The molecule has 2 aromatic heterocycles. The number of rotatable bonds is 9. The summed E-state index contributed by atoms with van der Waals surface area (Å²) in [6.07, 6.45) is 1.71. The van der Waals surface area contributed by atoms with Crippen molar-refractivity contribution in [2.45, 2.75) is 11.7 Å². The van der Waals surface area contributed by atoms with Crippen LogP contribution >= 0.6 is 23.4 Å². The average Bonchev–Trinajstić information content (AvgIpc) is 3.47. The Balaban J connectivity index is 1.53. The van der Waals surface area contributed by atoms with Crippen molar-refractivity contribution < 1.29 is 23.5 Å². The van der Waals surface area contributed by atoms with Crippen molar-refractivity contribution in [3.05, 3.63) is 65.7 Å². The van der Waals surface area contributed by atoms with Crippen molar-refractivity contribution in [1.29, 1.82) is 0 Å². The van der Waals surface area contributed by atoms with Crippen molar-refractivity contribution in [3.8, 4) is 17.3 Å². The van der Waals surface area contributed by atoms with Gasteiger partial charge in [0.05, 0.1) is 36.2 Å². The van der Waals surface area contributed by atoms with E-state index in [1.807, 2.05) is 24.3 Å². The highest BCUT2D eigenvalue weighted by atomic mass is 35.5. The normalized spacial score (nSPS) is 10.8. The number of carbonyl (C=O) groups is 2. The molecule has 0 radical (unpaired) electrons. The topological polar surface area (TPSA) is 108 Å². The van der Waals surface area contributed by atoms with Crippen LogP contribution in [0.2, 0.25) is 5.02 Å². The number of halogens is 1. The molecule has 0 atom stereocenters. The molecule has 0 saturated carbocycles. The standard InChI is InChI=1S/C24H21ClN4O5S/c1-4-10-29-22(19-12-14-6-5-7-18(32-2)21(14)34-19)27-28-24(29)35-13-20(30)26-17-11-15(23(31)33-3)8-9-16(17)25/h4-9,11-12H,1,10,13H2,2-3H3,(H,26,30). The molecule has 4 rings (SSSR count). The summed E-state index contributed by atoms with van der Waals surface area (Å²) in [5.41, 5.74) is 1.19. The summed E-state index contributed by atoms with van der Waals surface area (Å²) in [6, 6.07) is 12.0. The second-order valence-electron chi connectivity index (χ2n) is 7.22. The monoisotopic (exact) mass is 512 g/mol. The van der Waals surface area contributed by atoms with Gasteiger partial charge >= 0.3 is 5.97 Å². The Morgan fingerprint density at radius 1 is 1.23 bits per heavy atom. The molecule has 0 saturated heterocycles. The van der Waals surface area contributed by atoms with E-state index in [0.717, 1.165) is 5.39 Å². The molecule has 1 N–H and O–H groups in total. The Kier molecular flexibility index (Phi) is 7.42. The lowest BCUT2D eigenvalue weighted by molar-refractivity contribution is -0.113. The largest absolute Gasteiger partial charge is 0.493 e. The maximum atomic E-state index is 12.6. The summed E-state index contributed by atoms with van der Waals surface area (Å²) >= 11 is 7.36. The fourth-order valence-corrected chi connectivity index (χ4v) is 4.27. The lowest BCUT2D eigenvalue weighted by Crippen LogP contribution is -2.15. The molecule has 180 valence electrons. The zero-order valence-electron chi connectivity index (χ0n) is 18.9. The number of allylic oxidation sites excluding steroid dienone is 1. The molecule has 2 heterocycles. The van der Waals surface area contributed by atoms with Gasteiger partial charge in [0.15, 0.2) is 22.2 Å². The van der Waals surface area contributed by atoms with Crippen LogP contribution in [-0.4, -0.2) is 46.6 Å². The van der Waals surface area contributed by atoms with E-state index in [2.05, 4.69) is 22.1 Å². The number of nitrogens with zero attached hydrogens (tertiary/aromatic N) is 3. The highest BCUT2D eigenvalue weighted by Gasteiger charge is 2.20. The van der Waals surface area contributed by atoms with Crippen LogP contribution in [-0.2, 0) is 16.1 Å². The fraction of sp³-hybridized carbons (Fsp3) is 0.167. The van der Waals surface area contributed by atoms with Gasteiger partial charge in [-0.2, -0.15) is 0 Å². The van der Waals surface area contributed by atoms with Gasteiger partial charge in [-0.15, -0.1) is 16.8 Å². The van der Waals surface area contributed by atoms with Crippen LogP contribution < -0.4 is 10.1 Å². The van der Waals surface area contributed by atoms with Gasteiger partial charge < -0.3 is 19.2 Å². The summed E-state index contributed by atoms with van der Waals surface area (Å²) in [5.74, 6) is 0.801. The summed E-state index contributed by atoms with van der Waals surface area (Å²) in [4.78, 5) is 24.4. The molecular weight excluding hydrogens is 492 g/mol. The smallest absolute Gasteiger partial charge is 0.337 e. The molecule has 0 spiro atoms. The van der Waals surface area contributed by atoms with E-state index in [1.54, 1.807) is 17.8 Å². The van der Waals surface area contributed by atoms with Crippen LogP contribution in [0.1, 0.15) is 10.4 Å². The third kappa shape index (κ3) is 5.18. The molecule has 4 aromatic rings. The molecule has 0 aliphatic carbocycles. The number of thioether (sulfide) groups is 1. The van der Waals surface area contributed by atoms with Crippen LogP contribution in [0.4, 0.5) is 5.69 Å². The molecule has 1 amide bonds. The van der Waals surface area contributed by atoms with E-state index in [1.165, 1.54) is 37.1 Å². The number of anilines is 1. The van der Waals surface area contributed by atoms with E-state index < -0.39 is 5.97 Å². The molecular formula is C24H21ClN4O5S. The lowest BCUT2D eigenvalue weighted by Gasteiger charge is -2.09. The quantitative estimate of drug-likeness (QED) is 0.188. The van der Waals surface area contributed by atoms with Crippen LogP contribution in [0.15, 0.2) is 64.7 Å². The Morgan fingerprint density at radius 3 is 2.80 bits per heavy atom. The highest BCUT2D eigenvalue weighted by Crippen LogP contribution is 2.34. The minimum absolute atomic E-state index is 0.0298. The molecule has 0 bridgehead atoms. The second-order valence-corrected chi connectivity index (χ2v) is 8.57. The van der Waals surface area contributed by atoms with Crippen LogP contribution in [0.5, 0.6) is 5.75 Å². The number of hydrogen-bond acceptors (Lipinski definition) is 8. The van der Waals surface area contributed by atoms with Gasteiger partial charge in [0.1, 0.15) is 0 Å². The van der Waals surface area contributed by atoms with Gasteiger partial charge in [-0.1, -0.05) is 41.6 Å². The number of benzene rings is 2. The number of para-hydroxylation sites is 1. The maximum absolute atomic E-state index is 12.6. The minimum Gasteiger partial charge on any atom is -0.493 e. The van der Waals surface area contributed by atoms with Gasteiger partial charge in [0.25, 0.3) is 0 Å². The van der Waals surface area contributed by atoms with Gasteiger partial charge in [-0.05, 0) is 30.3 Å². The first-order valence-electron chi connectivity index (χ1n) is 10.4. The van der Waals surface area contributed by atoms with Crippen molar-refractivity contribution >= 4 is 51.9 Å². The van der Waals surface area contributed by atoms with E-state index in [4.69, 9.17) is 25.5 Å².